The number of nitrogens with one attached hydrogen (secondary N) is 1. The van der Waals surface area contributed by atoms with Crippen LogP contribution in [0, 0.1) is 11.8 Å². The van der Waals surface area contributed by atoms with Gasteiger partial charge in [0, 0.05) is 18.7 Å². The topological polar surface area (TPSA) is 66.5 Å². The van der Waals surface area contributed by atoms with E-state index in [1.165, 1.54) is 28.6 Å². The first-order valence-corrected chi connectivity index (χ1v) is 11.5. The maximum absolute atomic E-state index is 12.9. The molecule has 2 atom stereocenters. The summed E-state index contributed by atoms with van der Waals surface area (Å²) in [6.07, 6.45) is -3.62. The average Bonchev–Trinajstić information content (AvgIpc) is 2.68. The first-order chi connectivity index (χ1) is 14.4. The van der Waals surface area contributed by atoms with Gasteiger partial charge in [-0.2, -0.15) is 17.5 Å². The highest BCUT2D eigenvalue weighted by atomic mass is 35.5. The second-order valence-electron chi connectivity index (χ2n) is 7.94. The zero-order chi connectivity index (χ0) is 23.0. The summed E-state index contributed by atoms with van der Waals surface area (Å²) in [6.45, 7) is 4.88. The third-order valence-electron chi connectivity index (χ3n) is 5.13. The molecule has 1 aliphatic heterocycles. The van der Waals surface area contributed by atoms with E-state index >= 15 is 0 Å². The van der Waals surface area contributed by atoms with E-state index in [4.69, 9.17) is 11.6 Å². The molecule has 0 bridgehead atoms. The van der Waals surface area contributed by atoms with Crippen molar-refractivity contribution in [3.8, 4) is 0 Å². The SMILES string of the molecule is C[C@H]1C[C@H](C)CN(S(=O)(=O)c2ccc(C(=O)Nc3cc(C(F)(F)F)ccc3Cl)cc2)C1. The Balaban J connectivity index is 1.78. The van der Waals surface area contributed by atoms with Gasteiger partial charge in [0.05, 0.1) is 21.2 Å². The summed E-state index contributed by atoms with van der Waals surface area (Å²) in [5, 5.41) is 2.29. The molecular formula is C21H22ClF3N2O3S. The molecule has 0 spiro atoms. The van der Waals surface area contributed by atoms with Crippen molar-refractivity contribution in [3.05, 3.63) is 58.6 Å². The maximum atomic E-state index is 12.9. The van der Waals surface area contributed by atoms with E-state index < -0.39 is 27.7 Å². The number of alkyl halides is 3. The Morgan fingerprint density at radius 2 is 1.65 bits per heavy atom. The summed E-state index contributed by atoms with van der Waals surface area (Å²) in [6, 6.07) is 7.90. The standard InChI is InChI=1S/C21H22ClF3N2O3S/c1-13-9-14(2)12-27(11-13)31(29,30)17-6-3-15(4-7-17)20(28)26-19-10-16(21(23,24)25)5-8-18(19)22/h3-8,10,13-14H,9,11-12H2,1-2H3,(H,26,28)/t13-,14-/m0/s1. The highest BCUT2D eigenvalue weighted by Crippen LogP contribution is 2.34. The van der Waals surface area contributed by atoms with E-state index in [1.54, 1.807) is 0 Å². The average molecular weight is 475 g/mol. The quantitative estimate of drug-likeness (QED) is 0.655. The number of rotatable bonds is 4. The van der Waals surface area contributed by atoms with E-state index in [0.29, 0.717) is 13.1 Å². The highest BCUT2D eigenvalue weighted by molar-refractivity contribution is 7.89. The molecule has 0 aliphatic carbocycles. The first kappa shape index (κ1) is 23.6. The summed E-state index contributed by atoms with van der Waals surface area (Å²) in [5.74, 6) is -0.202. The van der Waals surface area contributed by atoms with Crippen LogP contribution in [-0.4, -0.2) is 31.7 Å². The fourth-order valence-corrected chi connectivity index (χ4v) is 5.57. The Labute approximate surface area is 184 Å². The van der Waals surface area contributed by atoms with Crippen LogP contribution in [0.1, 0.15) is 36.2 Å². The van der Waals surface area contributed by atoms with Crippen LogP contribution in [0.5, 0.6) is 0 Å². The van der Waals surface area contributed by atoms with Gasteiger partial charge in [-0.15, -0.1) is 0 Å². The fourth-order valence-electron chi connectivity index (χ4n) is 3.72. The number of piperidine rings is 1. The van der Waals surface area contributed by atoms with Crippen LogP contribution >= 0.6 is 11.6 Å². The van der Waals surface area contributed by atoms with Crippen molar-refractivity contribution in [2.24, 2.45) is 11.8 Å². The van der Waals surface area contributed by atoms with Crippen molar-refractivity contribution in [3.63, 3.8) is 0 Å². The molecule has 1 amide bonds. The third kappa shape index (κ3) is 5.39. The van der Waals surface area contributed by atoms with Crippen molar-refractivity contribution >= 4 is 33.2 Å². The van der Waals surface area contributed by atoms with Crippen LogP contribution in [0.3, 0.4) is 0 Å². The molecule has 1 heterocycles. The lowest BCUT2D eigenvalue weighted by Gasteiger charge is -2.34. The van der Waals surface area contributed by atoms with E-state index in [2.05, 4.69) is 5.32 Å². The number of anilines is 1. The van der Waals surface area contributed by atoms with Crippen molar-refractivity contribution in [1.82, 2.24) is 4.31 Å². The lowest BCUT2D eigenvalue weighted by atomic mass is 9.94. The lowest BCUT2D eigenvalue weighted by Crippen LogP contribution is -2.42. The molecule has 2 aromatic carbocycles. The number of hydrogen-bond acceptors (Lipinski definition) is 3. The van der Waals surface area contributed by atoms with Crippen molar-refractivity contribution in [2.45, 2.75) is 31.3 Å². The van der Waals surface area contributed by atoms with Crippen LogP contribution in [-0.2, 0) is 16.2 Å². The lowest BCUT2D eigenvalue weighted by molar-refractivity contribution is -0.137. The van der Waals surface area contributed by atoms with Crippen LogP contribution in [0.15, 0.2) is 47.4 Å². The zero-order valence-electron chi connectivity index (χ0n) is 16.9. The Kier molecular flexibility index (Phi) is 6.69. The van der Waals surface area contributed by atoms with Crippen LogP contribution < -0.4 is 5.32 Å². The molecule has 0 aromatic heterocycles. The third-order valence-corrected chi connectivity index (χ3v) is 7.31. The minimum absolute atomic E-state index is 0.0473. The minimum atomic E-state index is -4.58. The van der Waals surface area contributed by atoms with Crippen LogP contribution in [0.4, 0.5) is 18.9 Å². The van der Waals surface area contributed by atoms with Gasteiger partial charge in [-0.25, -0.2) is 8.42 Å². The fraction of sp³-hybridized carbons (Fsp3) is 0.381. The molecule has 1 N–H and O–H groups in total. The maximum Gasteiger partial charge on any atom is 0.416 e. The number of carbonyl (C=O) groups excluding carboxylic acids is 1. The van der Waals surface area contributed by atoms with E-state index in [-0.39, 0.29) is 33.0 Å². The molecule has 0 saturated carbocycles. The second kappa shape index (κ2) is 8.80. The summed E-state index contributed by atoms with van der Waals surface area (Å²) < 4.78 is 66.0. The minimum Gasteiger partial charge on any atom is -0.321 e. The van der Waals surface area contributed by atoms with E-state index in [0.717, 1.165) is 24.6 Å². The van der Waals surface area contributed by atoms with Crippen LogP contribution in [0.25, 0.3) is 0 Å². The number of benzene rings is 2. The summed E-state index contributed by atoms with van der Waals surface area (Å²) in [7, 11) is -3.70. The first-order valence-electron chi connectivity index (χ1n) is 9.66. The van der Waals surface area contributed by atoms with Gasteiger partial charge >= 0.3 is 6.18 Å². The second-order valence-corrected chi connectivity index (χ2v) is 10.3. The Hall–Kier alpha value is -2.10. The smallest absolute Gasteiger partial charge is 0.321 e. The van der Waals surface area contributed by atoms with E-state index in [1.807, 2.05) is 13.8 Å². The van der Waals surface area contributed by atoms with Gasteiger partial charge in [-0.05, 0) is 60.7 Å². The van der Waals surface area contributed by atoms with Gasteiger partial charge in [-0.3, -0.25) is 4.79 Å². The Bertz CT molecular complexity index is 1060. The molecule has 2 aromatic rings. The van der Waals surface area contributed by atoms with Crippen molar-refractivity contribution < 1.29 is 26.4 Å². The van der Waals surface area contributed by atoms with Gasteiger partial charge in [0.25, 0.3) is 5.91 Å². The number of hydrogen-bond donors (Lipinski definition) is 1. The van der Waals surface area contributed by atoms with Gasteiger partial charge in [0.2, 0.25) is 10.0 Å². The predicted molar refractivity (Wildman–Crippen MR) is 113 cm³/mol. The normalized spacial score (nSPS) is 20.5. The van der Waals surface area contributed by atoms with Gasteiger partial charge < -0.3 is 5.32 Å². The Morgan fingerprint density at radius 3 is 2.19 bits per heavy atom. The largest absolute Gasteiger partial charge is 0.416 e. The predicted octanol–water partition coefficient (Wildman–Crippen LogP) is 5.28. The van der Waals surface area contributed by atoms with Gasteiger partial charge in [-0.1, -0.05) is 25.4 Å². The number of amides is 1. The molecule has 0 radical (unpaired) electrons. The zero-order valence-corrected chi connectivity index (χ0v) is 18.5. The summed E-state index contributed by atoms with van der Waals surface area (Å²) >= 11 is 5.91. The summed E-state index contributed by atoms with van der Waals surface area (Å²) in [4.78, 5) is 12.5. The number of nitrogens with zero attached hydrogens (tertiary/aromatic N) is 1. The monoisotopic (exact) mass is 474 g/mol. The highest BCUT2D eigenvalue weighted by Gasteiger charge is 2.32. The molecule has 10 heteroatoms. The molecule has 1 saturated heterocycles. The molecular weight excluding hydrogens is 453 g/mol. The Morgan fingerprint density at radius 1 is 1.06 bits per heavy atom. The molecule has 0 unspecified atom stereocenters. The van der Waals surface area contributed by atoms with Crippen molar-refractivity contribution in [1.29, 1.82) is 0 Å². The van der Waals surface area contributed by atoms with E-state index in [9.17, 15) is 26.4 Å². The van der Waals surface area contributed by atoms with Gasteiger partial charge in [0.15, 0.2) is 0 Å². The summed E-state index contributed by atoms with van der Waals surface area (Å²) in [5.41, 5.74) is -1.04. The number of halogens is 4. The van der Waals surface area contributed by atoms with Crippen LogP contribution in [0.2, 0.25) is 5.02 Å². The molecule has 1 fully saturated rings. The van der Waals surface area contributed by atoms with Crippen molar-refractivity contribution in [2.75, 3.05) is 18.4 Å². The number of sulfonamides is 1. The molecule has 3 rings (SSSR count). The molecule has 5 nitrogen and oxygen atoms in total. The molecule has 31 heavy (non-hydrogen) atoms. The van der Waals surface area contributed by atoms with Gasteiger partial charge in [0.1, 0.15) is 0 Å². The number of carbonyl (C=O) groups is 1. The molecule has 168 valence electrons. The molecule has 1 aliphatic rings.